The van der Waals surface area contributed by atoms with E-state index in [0.717, 1.165) is 31.6 Å². The summed E-state index contributed by atoms with van der Waals surface area (Å²) in [5.74, 6) is 1.23. The summed E-state index contributed by atoms with van der Waals surface area (Å²) < 4.78 is 5.35. The van der Waals surface area contributed by atoms with Crippen molar-refractivity contribution >= 4 is 23.2 Å². The van der Waals surface area contributed by atoms with Crippen molar-refractivity contribution < 1.29 is 14.3 Å². The summed E-state index contributed by atoms with van der Waals surface area (Å²) in [5.41, 5.74) is 2.50. The number of carbonyl (C=O) groups excluding carboxylic acids is 2. The van der Waals surface area contributed by atoms with Crippen LogP contribution in [0, 0.1) is 0 Å². The van der Waals surface area contributed by atoms with Crippen LogP contribution in [-0.4, -0.2) is 72.4 Å². The van der Waals surface area contributed by atoms with Gasteiger partial charge >= 0.3 is 0 Å². The highest BCUT2D eigenvalue weighted by molar-refractivity contribution is 7.10. The van der Waals surface area contributed by atoms with E-state index in [2.05, 4.69) is 42.3 Å². The summed E-state index contributed by atoms with van der Waals surface area (Å²) in [7, 11) is 1.68. The highest BCUT2D eigenvalue weighted by Gasteiger charge is 2.34. The molecular weight excluding hydrogens is 458 g/mol. The highest BCUT2D eigenvalue weighted by Crippen LogP contribution is 2.38. The molecule has 1 fully saturated rings. The average Bonchev–Trinajstić information content (AvgIpc) is 3.35. The molecule has 3 heterocycles. The van der Waals surface area contributed by atoms with Gasteiger partial charge in [0.05, 0.1) is 19.7 Å². The Morgan fingerprint density at radius 2 is 1.83 bits per heavy atom. The van der Waals surface area contributed by atoms with Gasteiger partial charge in [-0.25, -0.2) is 0 Å². The average molecular weight is 498 g/mol. The zero-order valence-electron chi connectivity index (χ0n) is 21.4. The van der Waals surface area contributed by atoms with E-state index in [-0.39, 0.29) is 23.9 Å². The van der Waals surface area contributed by atoms with E-state index in [4.69, 9.17) is 4.74 Å². The second-order valence-electron chi connectivity index (χ2n) is 9.78. The van der Waals surface area contributed by atoms with Crippen molar-refractivity contribution in [2.24, 2.45) is 0 Å². The molecule has 0 saturated carbocycles. The van der Waals surface area contributed by atoms with Crippen LogP contribution in [0.5, 0.6) is 5.75 Å². The number of thiophene rings is 1. The second-order valence-corrected chi connectivity index (χ2v) is 10.8. The SMILES string of the molecule is CCCCCCC(=O)N1CCN(C(=O)CN2CCc3sccc3[C@@H]2c2ccc(OC)cc2)C[C@@H]1C. The molecule has 7 heteroatoms. The predicted octanol–water partition coefficient (Wildman–Crippen LogP) is 4.73. The molecule has 1 aromatic carbocycles. The van der Waals surface area contributed by atoms with Gasteiger partial charge in [0, 0.05) is 43.5 Å². The van der Waals surface area contributed by atoms with Crippen LogP contribution in [-0.2, 0) is 16.0 Å². The van der Waals surface area contributed by atoms with Crippen molar-refractivity contribution in [3.63, 3.8) is 0 Å². The van der Waals surface area contributed by atoms with E-state index < -0.39 is 0 Å². The molecule has 0 spiro atoms. The van der Waals surface area contributed by atoms with Crippen LogP contribution in [0.25, 0.3) is 0 Å². The maximum absolute atomic E-state index is 13.4. The van der Waals surface area contributed by atoms with Crippen molar-refractivity contribution in [2.75, 3.05) is 39.8 Å². The number of nitrogens with zero attached hydrogens (tertiary/aromatic N) is 3. The van der Waals surface area contributed by atoms with Crippen molar-refractivity contribution in [1.29, 1.82) is 0 Å². The smallest absolute Gasteiger partial charge is 0.236 e. The fraction of sp³-hybridized carbons (Fsp3) is 0.571. The number of rotatable bonds is 9. The van der Waals surface area contributed by atoms with Gasteiger partial charge in [0.15, 0.2) is 0 Å². The molecule has 2 aliphatic rings. The highest BCUT2D eigenvalue weighted by atomic mass is 32.1. The molecule has 2 atom stereocenters. The fourth-order valence-corrected chi connectivity index (χ4v) is 6.29. The number of hydrogen-bond acceptors (Lipinski definition) is 5. The van der Waals surface area contributed by atoms with Crippen molar-refractivity contribution in [3.8, 4) is 5.75 Å². The molecule has 1 saturated heterocycles. The van der Waals surface area contributed by atoms with Crippen LogP contribution in [0.15, 0.2) is 35.7 Å². The first-order valence-electron chi connectivity index (χ1n) is 13.0. The van der Waals surface area contributed by atoms with Crippen molar-refractivity contribution in [2.45, 2.75) is 64.5 Å². The van der Waals surface area contributed by atoms with Crippen LogP contribution >= 0.6 is 11.3 Å². The lowest BCUT2D eigenvalue weighted by Gasteiger charge is -2.42. The third-order valence-electron chi connectivity index (χ3n) is 7.38. The van der Waals surface area contributed by atoms with Gasteiger partial charge in [-0.05, 0) is 54.5 Å². The van der Waals surface area contributed by atoms with Gasteiger partial charge in [0.1, 0.15) is 5.75 Å². The summed E-state index contributed by atoms with van der Waals surface area (Å²) >= 11 is 1.81. The molecule has 1 aromatic heterocycles. The van der Waals surface area contributed by atoms with Gasteiger partial charge in [-0.15, -0.1) is 11.3 Å². The number of methoxy groups -OCH3 is 1. The predicted molar refractivity (Wildman–Crippen MR) is 141 cm³/mol. The number of piperazine rings is 1. The summed E-state index contributed by atoms with van der Waals surface area (Å²) in [5, 5.41) is 2.16. The fourth-order valence-electron chi connectivity index (χ4n) is 5.39. The number of unbranched alkanes of at least 4 members (excludes halogenated alkanes) is 3. The third kappa shape index (κ3) is 6.07. The van der Waals surface area contributed by atoms with E-state index >= 15 is 0 Å². The van der Waals surface area contributed by atoms with Crippen LogP contribution in [0.2, 0.25) is 0 Å². The maximum Gasteiger partial charge on any atom is 0.236 e. The number of hydrogen-bond donors (Lipinski definition) is 0. The Balaban J connectivity index is 1.39. The van der Waals surface area contributed by atoms with Gasteiger partial charge in [-0.2, -0.15) is 0 Å². The van der Waals surface area contributed by atoms with Gasteiger partial charge < -0.3 is 14.5 Å². The Morgan fingerprint density at radius 1 is 1.03 bits per heavy atom. The van der Waals surface area contributed by atoms with Crippen LogP contribution in [0.3, 0.4) is 0 Å². The second kappa shape index (κ2) is 12.0. The summed E-state index contributed by atoms with van der Waals surface area (Å²) in [4.78, 5) is 33.8. The largest absolute Gasteiger partial charge is 0.497 e. The summed E-state index contributed by atoms with van der Waals surface area (Å²) in [6.45, 7) is 7.38. The first-order valence-corrected chi connectivity index (χ1v) is 13.9. The lowest BCUT2D eigenvalue weighted by atomic mass is 9.93. The molecule has 0 radical (unpaired) electrons. The summed E-state index contributed by atoms with van der Waals surface area (Å²) in [6.07, 6.45) is 6.04. The van der Waals surface area contributed by atoms with Crippen LogP contribution in [0.4, 0.5) is 0 Å². The first-order chi connectivity index (χ1) is 17.0. The zero-order chi connectivity index (χ0) is 24.8. The topological polar surface area (TPSA) is 53.1 Å². The number of amides is 2. The Labute approximate surface area is 213 Å². The molecule has 0 bridgehead atoms. The third-order valence-corrected chi connectivity index (χ3v) is 8.38. The molecule has 2 amide bonds. The molecule has 35 heavy (non-hydrogen) atoms. The minimum atomic E-state index is 0.0635. The molecule has 190 valence electrons. The van der Waals surface area contributed by atoms with Crippen molar-refractivity contribution in [1.82, 2.24) is 14.7 Å². The molecular formula is C28H39N3O3S. The maximum atomic E-state index is 13.4. The Kier molecular flexibility index (Phi) is 8.84. The molecule has 0 N–H and O–H groups in total. The van der Waals surface area contributed by atoms with Crippen LogP contribution in [0.1, 0.15) is 68.0 Å². The number of ether oxygens (including phenoxy) is 1. The Morgan fingerprint density at radius 3 is 2.54 bits per heavy atom. The summed E-state index contributed by atoms with van der Waals surface area (Å²) in [6, 6.07) is 10.6. The number of carbonyl (C=O) groups is 2. The van der Waals surface area contributed by atoms with E-state index in [0.29, 0.717) is 32.6 Å². The first kappa shape index (κ1) is 25.7. The molecule has 4 rings (SSSR count). The minimum Gasteiger partial charge on any atom is -0.497 e. The monoisotopic (exact) mass is 497 g/mol. The molecule has 2 aliphatic heterocycles. The normalized spacial score (nSPS) is 20.5. The van der Waals surface area contributed by atoms with E-state index in [1.807, 2.05) is 33.3 Å². The van der Waals surface area contributed by atoms with E-state index in [1.54, 1.807) is 7.11 Å². The lowest BCUT2D eigenvalue weighted by molar-refractivity contribution is -0.143. The van der Waals surface area contributed by atoms with Gasteiger partial charge in [-0.1, -0.05) is 38.3 Å². The molecule has 2 aromatic rings. The standard InChI is InChI=1S/C28H39N3O3S/c1-4-5-6-7-8-26(32)31-17-16-29(19-21(31)2)27(33)20-30-15-13-25-24(14-18-35-25)28(30)22-9-11-23(34-3)12-10-22/h9-12,14,18,21,28H,4-8,13,15-17,19-20H2,1-3H3/t21-,28-/m0/s1. The van der Waals surface area contributed by atoms with Gasteiger partial charge in [0.25, 0.3) is 0 Å². The number of benzene rings is 1. The number of fused-ring (bicyclic) bond motifs is 1. The Hall–Kier alpha value is -2.38. The van der Waals surface area contributed by atoms with Gasteiger partial charge in [0.2, 0.25) is 11.8 Å². The zero-order valence-corrected chi connectivity index (χ0v) is 22.2. The van der Waals surface area contributed by atoms with Crippen molar-refractivity contribution in [3.05, 3.63) is 51.7 Å². The lowest BCUT2D eigenvalue weighted by Crippen LogP contribution is -2.57. The van der Waals surface area contributed by atoms with Gasteiger partial charge in [-0.3, -0.25) is 14.5 Å². The van der Waals surface area contributed by atoms with E-state index in [1.165, 1.54) is 28.8 Å². The van der Waals surface area contributed by atoms with E-state index in [9.17, 15) is 9.59 Å². The quantitative estimate of drug-likeness (QED) is 0.470. The minimum absolute atomic E-state index is 0.0635. The molecule has 6 nitrogen and oxygen atoms in total. The van der Waals surface area contributed by atoms with Crippen LogP contribution < -0.4 is 4.74 Å². The molecule has 0 aliphatic carbocycles. The molecule has 0 unspecified atom stereocenters. The Bertz CT molecular complexity index is 990.